The van der Waals surface area contributed by atoms with E-state index in [1.54, 1.807) is 55.8 Å². The molecule has 1 aliphatic rings. The smallest absolute Gasteiger partial charge is 0.251 e. The average molecular weight is 302 g/mol. The lowest BCUT2D eigenvalue weighted by Crippen LogP contribution is -2.57. The van der Waals surface area contributed by atoms with E-state index >= 15 is 0 Å². The maximum atomic E-state index is 12.3. The predicted molar refractivity (Wildman–Crippen MR) is 78.6 cm³/mol. The van der Waals surface area contributed by atoms with Gasteiger partial charge in [-0.15, -0.1) is 0 Å². The van der Waals surface area contributed by atoms with Crippen molar-refractivity contribution in [2.45, 2.75) is 24.7 Å². The number of hydrogen-bond donors (Lipinski definition) is 1. The minimum atomic E-state index is -0.557. The summed E-state index contributed by atoms with van der Waals surface area (Å²) >= 11 is 0. The zero-order chi connectivity index (χ0) is 15.6. The first-order valence-corrected chi connectivity index (χ1v) is 7.01. The van der Waals surface area contributed by atoms with Crippen LogP contribution in [0.4, 0.5) is 0 Å². The normalized spacial score (nSPS) is 17.0. The van der Waals surface area contributed by atoms with Gasteiger partial charge in [0.05, 0.1) is 0 Å². The van der Waals surface area contributed by atoms with Crippen LogP contribution in [-0.4, -0.2) is 46.5 Å². The van der Waals surface area contributed by atoms with Crippen LogP contribution in [-0.2, 0) is 9.47 Å². The first-order chi connectivity index (χ1) is 10.7. The molecule has 116 valence electrons. The van der Waals surface area contributed by atoms with Crippen LogP contribution < -0.4 is 5.32 Å². The minimum Gasteiger partial charge on any atom is -0.353 e. The summed E-state index contributed by atoms with van der Waals surface area (Å²) in [5.41, 5.74) is 0.561. The van der Waals surface area contributed by atoms with Crippen LogP contribution in [0.2, 0.25) is 0 Å². The maximum absolute atomic E-state index is 12.3. The molecule has 1 N–H and O–H groups in total. The number of amides is 1. The summed E-state index contributed by atoms with van der Waals surface area (Å²) in [6.07, 6.45) is 7.98. The molecule has 1 amide bonds. The van der Waals surface area contributed by atoms with Crippen molar-refractivity contribution >= 4 is 5.91 Å². The quantitative estimate of drug-likeness (QED) is 0.838. The molecule has 3 rings (SSSR count). The average Bonchev–Trinajstić information content (AvgIpc) is 3.05. The third-order valence-corrected chi connectivity index (χ3v) is 3.97. The molecule has 2 heterocycles. The van der Waals surface area contributed by atoms with Crippen molar-refractivity contribution < 1.29 is 14.3 Å². The van der Waals surface area contributed by atoms with Crippen molar-refractivity contribution in [1.29, 1.82) is 0 Å². The highest BCUT2D eigenvalue weighted by Crippen LogP contribution is 2.36. The number of hydrogen-bond acceptors (Lipinski definition) is 5. The predicted octanol–water partition coefficient (Wildman–Crippen LogP) is 1.15. The fourth-order valence-electron chi connectivity index (χ4n) is 2.57. The minimum absolute atomic E-state index is 0.0530. The summed E-state index contributed by atoms with van der Waals surface area (Å²) in [5, 5.41) is 2.98. The third kappa shape index (κ3) is 2.72. The number of carbonyl (C=O) groups excluding carboxylic acids is 1. The van der Waals surface area contributed by atoms with Gasteiger partial charge >= 0.3 is 0 Å². The fourth-order valence-corrected chi connectivity index (χ4v) is 2.57. The van der Waals surface area contributed by atoms with Crippen molar-refractivity contribution in [1.82, 2.24) is 19.9 Å². The van der Waals surface area contributed by atoms with Gasteiger partial charge in [-0.25, -0.2) is 9.97 Å². The maximum Gasteiger partial charge on any atom is 0.251 e. The Morgan fingerprint density at radius 2 is 2.14 bits per heavy atom. The van der Waals surface area contributed by atoms with E-state index in [-0.39, 0.29) is 11.9 Å². The standard InChI is InChI=1S/C15H18N4O3/c1-21-15(22-2)8-12(9-15)18-14(20)11-3-4-17-13(7-11)19-6-5-16-10-19/h3-7,10,12H,8-9H2,1-2H3,(H,18,20). The van der Waals surface area contributed by atoms with Crippen molar-refractivity contribution in [2.24, 2.45) is 0 Å². The molecule has 1 aliphatic carbocycles. The highest BCUT2D eigenvalue weighted by atomic mass is 16.7. The van der Waals surface area contributed by atoms with E-state index in [1.807, 2.05) is 0 Å². The van der Waals surface area contributed by atoms with Gasteiger partial charge in [-0.2, -0.15) is 0 Å². The van der Waals surface area contributed by atoms with E-state index in [2.05, 4.69) is 15.3 Å². The molecule has 0 bridgehead atoms. The Bertz CT molecular complexity index is 645. The van der Waals surface area contributed by atoms with Gasteiger partial charge < -0.3 is 14.8 Å². The molecule has 0 saturated heterocycles. The lowest BCUT2D eigenvalue weighted by atomic mass is 9.85. The van der Waals surface area contributed by atoms with Crippen molar-refractivity contribution in [2.75, 3.05) is 14.2 Å². The zero-order valence-electron chi connectivity index (χ0n) is 12.5. The Balaban J connectivity index is 1.65. The van der Waals surface area contributed by atoms with Gasteiger partial charge in [-0.3, -0.25) is 9.36 Å². The summed E-state index contributed by atoms with van der Waals surface area (Å²) in [5.74, 6) is -0.0329. The van der Waals surface area contributed by atoms with E-state index in [4.69, 9.17) is 9.47 Å². The van der Waals surface area contributed by atoms with E-state index in [9.17, 15) is 4.79 Å². The number of nitrogens with zero attached hydrogens (tertiary/aromatic N) is 3. The number of methoxy groups -OCH3 is 2. The third-order valence-electron chi connectivity index (χ3n) is 3.97. The first-order valence-electron chi connectivity index (χ1n) is 7.01. The lowest BCUT2D eigenvalue weighted by Gasteiger charge is -2.45. The van der Waals surface area contributed by atoms with Crippen molar-refractivity contribution in [3.8, 4) is 5.82 Å². The summed E-state index contributed by atoms with van der Waals surface area (Å²) < 4.78 is 12.4. The van der Waals surface area contributed by atoms with Crippen LogP contribution >= 0.6 is 0 Å². The van der Waals surface area contributed by atoms with E-state index in [1.165, 1.54) is 0 Å². The van der Waals surface area contributed by atoms with E-state index in [0.717, 1.165) is 0 Å². The van der Waals surface area contributed by atoms with Crippen LogP contribution in [0.1, 0.15) is 23.2 Å². The molecule has 1 saturated carbocycles. The topological polar surface area (TPSA) is 78.3 Å². The number of pyridine rings is 1. The van der Waals surface area contributed by atoms with Gasteiger partial charge in [0.25, 0.3) is 5.91 Å². The molecule has 22 heavy (non-hydrogen) atoms. The van der Waals surface area contributed by atoms with Crippen LogP contribution in [0, 0.1) is 0 Å². The van der Waals surface area contributed by atoms with E-state index < -0.39 is 5.79 Å². The number of ether oxygens (including phenoxy) is 2. The molecule has 0 unspecified atom stereocenters. The molecule has 1 fully saturated rings. The highest BCUT2D eigenvalue weighted by molar-refractivity contribution is 5.94. The number of imidazole rings is 1. The lowest BCUT2D eigenvalue weighted by molar-refractivity contribution is -0.258. The molecule has 2 aromatic heterocycles. The number of rotatable bonds is 5. The Labute approximate surface area is 128 Å². The molecule has 0 atom stereocenters. The Morgan fingerprint density at radius 3 is 2.77 bits per heavy atom. The Morgan fingerprint density at radius 1 is 1.36 bits per heavy atom. The number of aromatic nitrogens is 3. The number of carbonyl (C=O) groups is 1. The first kappa shape index (κ1) is 14.7. The molecule has 0 aromatic carbocycles. The summed E-state index contributed by atoms with van der Waals surface area (Å²) in [7, 11) is 3.23. The van der Waals surface area contributed by atoms with E-state index in [0.29, 0.717) is 24.2 Å². The van der Waals surface area contributed by atoms with Gasteiger partial charge in [0.15, 0.2) is 5.79 Å². The fraction of sp³-hybridized carbons (Fsp3) is 0.400. The van der Waals surface area contributed by atoms with Crippen LogP contribution in [0.3, 0.4) is 0 Å². The molecule has 0 spiro atoms. The molecule has 2 aromatic rings. The van der Waals surface area contributed by atoms with Gasteiger partial charge in [0.2, 0.25) is 0 Å². The van der Waals surface area contributed by atoms with Gasteiger partial charge in [-0.1, -0.05) is 0 Å². The van der Waals surface area contributed by atoms with Gasteiger partial charge in [-0.05, 0) is 12.1 Å². The molecular weight excluding hydrogens is 284 g/mol. The second-order valence-corrected chi connectivity index (χ2v) is 5.27. The molecule has 0 aliphatic heterocycles. The van der Waals surface area contributed by atoms with Crippen LogP contribution in [0.25, 0.3) is 5.82 Å². The summed E-state index contributed by atoms with van der Waals surface area (Å²) in [6, 6.07) is 3.47. The highest BCUT2D eigenvalue weighted by Gasteiger charge is 2.45. The summed E-state index contributed by atoms with van der Waals surface area (Å²) in [6.45, 7) is 0. The second-order valence-electron chi connectivity index (χ2n) is 5.27. The summed E-state index contributed by atoms with van der Waals surface area (Å²) in [4.78, 5) is 20.5. The van der Waals surface area contributed by atoms with Crippen molar-refractivity contribution in [3.63, 3.8) is 0 Å². The zero-order valence-corrected chi connectivity index (χ0v) is 12.5. The second kappa shape index (κ2) is 5.86. The van der Waals surface area contributed by atoms with Gasteiger partial charge in [0.1, 0.15) is 12.1 Å². The largest absolute Gasteiger partial charge is 0.353 e. The molecule has 7 nitrogen and oxygen atoms in total. The van der Waals surface area contributed by atoms with Gasteiger partial charge in [0, 0.05) is 57.3 Å². The SMILES string of the molecule is COC1(OC)CC(NC(=O)c2ccnc(-n3ccnc3)c2)C1. The molecular formula is C15H18N4O3. The monoisotopic (exact) mass is 302 g/mol. The van der Waals surface area contributed by atoms with Crippen LogP contribution in [0.5, 0.6) is 0 Å². The molecule has 0 radical (unpaired) electrons. The molecule has 7 heteroatoms. The Hall–Kier alpha value is -2.25. The van der Waals surface area contributed by atoms with Crippen LogP contribution in [0.15, 0.2) is 37.1 Å². The van der Waals surface area contributed by atoms with Crippen molar-refractivity contribution in [3.05, 3.63) is 42.6 Å². The Kier molecular flexibility index (Phi) is 3.91. The number of nitrogens with one attached hydrogen (secondary N) is 1.